The molecule has 0 fully saturated rings. The molecule has 0 aliphatic heterocycles. The zero-order valence-electron chi connectivity index (χ0n) is 10.3. The van der Waals surface area contributed by atoms with Crippen molar-refractivity contribution < 1.29 is 14.3 Å². The van der Waals surface area contributed by atoms with Gasteiger partial charge in [0.2, 0.25) is 0 Å². The number of carbonyl (C=O) groups excluding carboxylic acids is 2. The van der Waals surface area contributed by atoms with Crippen molar-refractivity contribution in [1.29, 1.82) is 0 Å². The lowest BCUT2D eigenvalue weighted by molar-refractivity contribution is -0.142. The summed E-state index contributed by atoms with van der Waals surface area (Å²) in [4.78, 5) is 22.6. The molecule has 0 saturated heterocycles. The molecule has 1 aromatic carbocycles. The summed E-state index contributed by atoms with van der Waals surface area (Å²) >= 11 is 0. The number of ketones is 1. The lowest BCUT2D eigenvalue weighted by Crippen LogP contribution is -2.09. The van der Waals surface area contributed by atoms with Crippen LogP contribution in [0.5, 0.6) is 0 Å². The maximum Gasteiger partial charge on any atom is 0.313 e. The number of allylic oxidation sites excluding steroid dienone is 1. The highest BCUT2D eigenvalue weighted by molar-refractivity contribution is 6.07. The van der Waals surface area contributed by atoms with Crippen molar-refractivity contribution >= 4 is 17.8 Å². The third-order valence-corrected chi connectivity index (χ3v) is 2.53. The van der Waals surface area contributed by atoms with Gasteiger partial charge < -0.3 is 4.74 Å². The SMILES string of the molecule is COC(=O)CC(=O)C(C)=Cc1ccccc1C. The molecule has 0 aliphatic carbocycles. The van der Waals surface area contributed by atoms with Gasteiger partial charge in [-0.1, -0.05) is 24.3 Å². The molecule has 0 amide bonds. The van der Waals surface area contributed by atoms with Crippen LogP contribution in [-0.2, 0) is 14.3 Å². The van der Waals surface area contributed by atoms with Crippen molar-refractivity contribution in [2.75, 3.05) is 7.11 Å². The van der Waals surface area contributed by atoms with Gasteiger partial charge in [-0.2, -0.15) is 0 Å². The largest absolute Gasteiger partial charge is 0.469 e. The molecule has 0 N–H and O–H groups in total. The van der Waals surface area contributed by atoms with Gasteiger partial charge in [-0.25, -0.2) is 0 Å². The van der Waals surface area contributed by atoms with E-state index in [0.717, 1.165) is 11.1 Å². The zero-order chi connectivity index (χ0) is 12.8. The Balaban J connectivity index is 2.83. The van der Waals surface area contributed by atoms with E-state index < -0.39 is 5.97 Å². The Bertz CT molecular complexity index is 458. The molecule has 0 aromatic heterocycles. The Morgan fingerprint density at radius 3 is 2.53 bits per heavy atom. The molecule has 0 saturated carbocycles. The highest BCUT2D eigenvalue weighted by Crippen LogP contribution is 2.13. The Hall–Kier alpha value is -1.90. The Morgan fingerprint density at radius 2 is 1.94 bits per heavy atom. The van der Waals surface area contributed by atoms with E-state index in [9.17, 15) is 9.59 Å². The molecule has 0 unspecified atom stereocenters. The second kappa shape index (κ2) is 5.99. The molecule has 90 valence electrons. The first-order valence-electron chi connectivity index (χ1n) is 5.38. The average Bonchev–Trinajstić information content (AvgIpc) is 2.31. The Labute approximate surface area is 101 Å². The maximum atomic E-state index is 11.7. The fourth-order valence-corrected chi connectivity index (χ4v) is 1.41. The number of hydrogen-bond donors (Lipinski definition) is 0. The molecule has 1 aromatic rings. The molecule has 0 aliphatic rings. The molecule has 0 atom stereocenters. The Kier molecular flexibility index (Phi) is 4.64. The third kappa shape index (κ3) is 3.87. The summed E-state index contributed by atoms with van der Waals surface area (Å²) in [6.07, 6.45) is 1.59. The summed E-state index contributed by atoms with van der Waals surface area (Å²) in [5.41, 5.74) is 2.64. The van der Waals surface area contributed by atoms with Gasteiger partial charge in [0, 0.05) is 0 Å². The third-order valence-electron chi connectivity index (χ3n) is 2.53. The van der Waals surface area contributed by atoms with E-state index in [-0.39, 0.29) is 12.2 Å². The number of methoxy groups -OCH3 is 1. The summed E-state index contributed by atoms with van der Waals surface area (Å²) in [6.45, 7) is 3.68. The first kappa shape index (κ1) is 13.2. The summed E-state index contributed by atoms with van der Waals surface area (Å²) < 4.78 is 4.46. The van der Waals surface area contributed by atoms with E-state index in [0.29, 0.717) is 5.57 Å². The molecule has 0 bridgehead atoms. The highest BCUT2D eigenvalue weighted by atomic mass is 16.5. The van der Waals surface area contributed by atoms with Gasteiger partial charge in [0.25, 0.3) is 0 Å². The molecular formula is C14H16O3. The van der Waals surface area contributed by atoms with Crippen molar-refractivity contribution in [3.63, 3.8) is 0 Å². The fraction of sp³-hybridized carbons (Fsp3) is 0.286. The molecule has 0 spiro atoms. The predicted octanol–water partition coefficient (Wildman–Crippen LogP) is 2.53. The molecule has 1 rings (SSSR count). The normalized spacial score (nSPS) is 11.1. The standard InChI is InChI=1S/C14H16O3/c1-10-6-4-5-7-12(10)8-11(2)13(15)9-14(16)17-3/h4-8H,9H2,1-3H3. The minimum absolute atomic E-state index is 0.204. The number of rotatable bonds is 4. The summed E-state index contributed by atoms with van der Waals surface area (Å²) in [7, 11) is 1.27. The number of hydrogen-bond acceptors (Lipinski definition) is 3. The quantitative estimate of drug-likeness (QED) is 0.455. The minimum atomic E-state index is -0.507. The maximum absolute atomic E-state index is 11.7. The van der Waals surface area contributed by atoms with Crippen LogP contribution in [0.3, 0.4) is 0 Å². The number of Topliss-reactive ketones (excluding diaryl/α,β-unsaturated/α-hetero) is 1. The van der Waals surface area contributed by atoms with E-state index in [1.165, 1.54) is 7.11 Å². The van der Waals surface area contributed by atoms with Gasteiger partial charge in [0.15, 0.2) is 5.78 Å². The van der Waals surface area contributed by atoms with Gasteiger partial charge in [-0.3, -0.25) is 9.59 Å². The second-order valence-electron chi connectivity index (χ2n) is 3.86. The first-order chi connectivity index (χ1) is 8.04. The van der Waals surface area contributed by atoms with Crippen LogP contribution < -0.4 is 0 Å². The van der Waals surface area contributed by atoms with Crippen LogP contribution in [0.15, 0.2) is 29.8 Å². The number of esters is 1. The zero-order valence-corrected chi connectivity index (χ0v) is 10.3. The van der Waals surface area contributed by atoms with Crippen LogP contribution >= 0.6 is 0 Å². The predicted molar refractivity (Wildman–Crippen MR) is 66.5 cm³/mol. The minimum Gasteiger partial charge on any atom is -0.469 e. The topological polar surface area (TPSA) is 43.4 Å². The lowest BCUT2D eigenvalue weighted by Gasteiger charge is -2.02. The summed E-state index contributed by atoms with van der Waals surface area (Å²) in [5, 5.41) is 0. The average molecular weight is 232 g/mol. The summed E-state index contributed by atoms with van der Waals surface area (Å²) in [5.74, 6) is -0.715. The van der Waals surface area contributed by atoms with E-state index in [2.05, 4.69) is 4.74 Å². The van der Waals surface area contributed by atoms with E-state index >= 15 is 0 Å². The van der Waals surface area contributed by atoms with Crippen molar-refractivity contribution in [3.05, 3.63) is 41.0 Å². The van der Waals surface area contributed by atoms with Crippen LogP contribution in [-0.4, -0.2) is 18.9 Å². The molecular weight excluding hydrogens is 216 g/mol. The van der Waals surface area contributed by atoms with Crippen LogP contribution in [0.4, 0.5) is 0 Å². The fourth-order valence-electron chi connectivity index (χ4n) is 1.41. The number of ether oxygens (including phenoxy) is 1. The van der Waals surface area contributed by atoms with E-state index in [4.69, 9.17) is 0 Å². The van der Waals surface area contributed by atoms with Crippen molar-refractivity contribution in [1.82, 2.24) is 0 Å². The molecule has 17 heavy (non-hydrogen) atoms. The number of carbonyl (C=O) groups is 2. The summed E-state index contributed by atoms with van der Waals surface area (Å²) in [6, 6.07) is 7.77. The van der Waals surface area contributed by atoms with Crippen molar-refractivity contribution in [2.45, 2.75) is 20.3 Å². The first-order valence-corrected chi connectivity index (χ1v) is 5.38. The van der Waals surface area contributed by atoms with Crippen LogP contribution in [0.2, 0.25) is 0 Å². The molecule has 0 radical (unpaired) electrons. The highest BCUT2D eigenvalue weighted by Gasteiger charge is 2.11. The van der Waals surface area contributed by atoms with Gasteiger partial charge in [0.1, 0.15) is 6.42 Å². The number of aryl methyl sites for hydroxylation is 1. The van der Waals surface area contributed by atoms with Gasteiger partial charge in [0.05, 0.1) is 7.11 Å². The molecule has 3 heteroatoms. The second-order valence-corrected chi connectivity index (χ2v) is 3.86. The van der Waals surface area contributed by atoms with Gasteiger partial charge >= 0.3 is 5.97 Å². The van der Waals surface area contributed by atoms with Gasteiger partial charge in [-0.15, -0.1) is 0 Å². The van der Waals surface area contributed by atoms with E-state index in [1.54, 1.807) is 13.0 Å². The lowest BCUT2D eigenvalue weighted by atomic mass is 10.0. The smallest absolute Gasteiger partial charge is 0.313 e. The van der Waals surface area contributed by atoms with Gasteiger partial charge in [-0.05, 0) is 36.6 Å². The van der Waals surface area contributed by atoms with Crippen molar-refractivity contribution in [2.24, 2.45) is 0 Å². The van der Waals surface area contributed by atoms with Crippen molar-refractivity contribution in [3.8, 4) is 0 Å². The molecule has 0 heterocycles. The van der Waals surface area contributed by atoms with Crippen LogP contribution in [0.25, 0.3) is 6.08 Å². The monoisotopic (exact) mass is 232 g/mol. The molecule has 3 nitrogen and oxygen atoms in total. The Morgan fingerprint density at radius 1 is 1.29 bits per heavy atom. The van der Waals surface area contributed by atoms with E-state index in [1.807, 2.05) is 31.2 Å². The van der Waals surface area contributed by atoms with Crippen LogP contribution in [0, 0.1) is 6.92 Å². The number of benzene rings is 1. The van der Waals surface area contributed by atoms with Crippen LogP contribution in [0.1, 0.15) is 24.5 Å².